The number of halogens is 1. The Morgan fingerprint density at radius 3 is 2.43 bits per heavy atom. The van der Waals surface area contributed by atoms with Gasteiger partial charge in [-0.15, -0.1) is 0 Å². The summed E-state index contributed by atoms with van der Waals surface area (Å²) >= 11 is 0. The first-order valence-corrected chi connectivity index (χ1v) is 6.87. The molecule has 2 aromatic rings. The Bertz CT molecular complexity index is 665. The molecule has 0 unspecified atom stereocenters. The predicted molar refractivity (Wildman–Crippen MR) is 78.6 cm³/mol. The standard InChI is InChI=1S/C17H17FO3/c1-3-11-5-7-17(15(20)9-11)21-16-8-6-12(10-13(16)18)14(19)4-2/h5-10,20H,3-4H2,1-2H3. The minimum absolute atomic E-state index is 0.0257. The number of aryl methyl sites for hydroxylation is 1. The quantitative estimate of drug-likeness (QED) is 0.825. The number of phenolic OH excluding ortho intramolecular Hbond substituents is 1. The van der Waals surface area contributed by atoms with Crippen molar-refractivity contribution in [1.82, 2.24) is 0 Å². The maximum atomic E-state index is 14.0. The Morgan fingerprint density at radius 1 is 1.14 bits per heavy atom. The molecule has 0 amide bonds. The van der Waals surface area contributed by atoms with Crippen molar-refractivity contribution in [2.24, 2.45) is 0 Å². The monoisotopic (exact) mass is 288 g/mol. The first-order valence-electron chi connectivity index (χ1n) is 6.87. The number of ether oxygens (including phenoxy) is 1. The largest absolute Gasteiger partial charge is 0.504 e. The maximum absolute atomic E-state index is 14.0. The maximum Gasteiger partial charge on any atom is 0.169 e. The molecule has 0 aromatic heterocycles. The Balaban J connectivity index is 2.26. The van der Waals surface area contributed by atoms with Gasteiger partial charge < -0.3 is 9.84 Å². The highest BCUT2D eigenvalue weighted by Crippen LogP contribution is 2.33. The number of carbonyl (C=O) groups excluding carboxylic acids is 1. The van der Waals surface area contributed by atoms with Crippen LogP contribution in [0.2, 0.25) is 0 Å². The Labute approximate surface area is 123 Å². The molecule has 0 heterocycles. The van der Waals surface area contributed by atoms with Gasteiger partial charge in [-0.25, -0.2) is 4.39 Å². The number of hydrogen-bond acceptors (Lipinski definition) is 3. The van der Waals surface area contributed by atoms with E-state index in [1.807, 2.05) is 13.0 Å². The van der Waals surface area contributed by atoms with Crippen LogP contribution in [0, 0.1) is 5.82 Å². The fourth-order valence-electron chi connectivity index (χ4n) is 1.95. The van der Waals surface area contributed by atoms with Gasteiger partial charge in [0.15, 0.2) is 28.8 Å². The van der Waals surface area contributed by atoms with Crippen LogP contribution < -0.4 is 4.74 Å². The van der Waals surface area contributed by atoms with Crippen molar-refractivity contribution in [3.8, 4) is 17.2 Å². The van der Waals surface area contributed by atoms with Gasteiger partial charge in [0.25, 0.3) is 0 Å². The highest BCUT2D eigenvalue weighted by molar-refractivity contribution is 5.95. The van der Waals surface area contributed by atoms with E-state index >= 15 is 0 Å². The van der Waals surface area contributed by atoms with Crippen molar-refractivity contribution >= 4 is 5.78 Å². The molecule has 0 aliphatic heterocycles. The van der Waals surface area contributed by atoms with Crippen LogP contribution >= 0.6 is 0 Å². The summed E-state index contributed by atoms with van der Waals surface area (Å²) < 4.78 is 19.3. The summed E-state index contributed by atoms with van der Waals surface area (Å²) in [5.41, 5.74) is 1.28. The summed E-state index contributed by atoms with van der Waals surface area (Å²) in [7, 11) is 0. The van der Waals surface area contributed by atoms with E-state index in [1.54, 1.807) is 19.1 Å². The van der Waals surface area contributed by atoms with Crippen LogP contribution in [0.3, 0.4) is 0 Å². The average Bonchev–Trinajstić information content (AvgIpc) is 2.50. The zero-order chi connectivity index (χ0) is 15.4. The smallest absolute Gasteiger partial charge is 0.169 e. The van der Waals surface area contributed by atoms with E-state index in [0.717, 1.165) is 18.1 Å². The van der Waals surface area contributed by atoms with Gasteiger partial charge in [0.1, 0.15) is 0 Å². The van der Waals surface area contributed by atoms with Gasteiger partial charge in [0.05, 0.1) is 0 Å². The number of rotatable bonds is 5. The third kappa shape index (κ3) is 3.40. The number of benzene rings is 2. The first-order chi connectivity index (χ1) is 10.0. The van der Waals surface area contributed by atoms with Crippen LogP contribution in [-0.4, -0.2) is 10.9 Å². The second kappa shape index (κ2) is 6.39. The first kappa shape index (κ1) is 15.0. The second-order valence-electron chi connectivity index (χ2n) is 4.68. The molecule has 2 rings (SSSR count). The normalized spacial score (nSPS) is 10.4. The van der Waals surface area contributed by atoms with Crippen LogP contribution in [0.25, 0.3) is 0 Å². The zero-order valence-electron chi connectivity index (χ0n) is 12.0. The number of phenols is 1. The number of Topliss-reactive ketones (excluding diaryl/α,β-unsaturated/α-hetero) is 1. The predicted octanol–water partition coefficient (Wildman–Crippen LogP) is 4.48. The highest BCUT2D eigenvalue weighted by atomic mass is 19.1. The molecule has 0 aliphatic rings. The van der Waals surface area contributed by atoms with Crippen molar-refractivity contribution in [2.45, 2.75) is 26.7 Å². The van der Waals surface area contributed by atoms with Crippen LogP contribution in [0.5, 0.6) is 17.2 Å². The third-order valence-electron chi connectivity index (χ3n) is 3.23. The topological polar surface area (TPSA) is 46.5 Å². The van der Waals surface area contributed by atoms with E-state index in [9.17, 15) is 14.3 Å². The molecule has 0 saturated heterocycles. The molecule has 0 bridgehead atoms. The molecule has 21 heavy (non-hydrogen) atoms. The van der Waals surface area contributed by atoms with E-state index in [2.05, 4.69) is 0 Å². The van der Waals surface area contributed by atoms with E-state index in [1.165, 1.54) is 12.1 Å². The number of ketones is 1. The molecule has 4 heteroatoms. The van der Waals surface area contributed by atoms with Crippen molar-refractivity contribution in [3.63, 3.8) is 0 Å². The molecule has 0 atom stereocenters. The third-order valence-corrected chi connectivity index (χ3v) is 3.23. The molecule has 3 nitrogen and oxygen atoms in total. The average molecular weight is 288 g/mol. The molecule has 0 radical (unpaired) electrons. The number of carbonyl (C=O) groups is 1. The summed E-state index contributed by atoms with van der Waals surface area (Å²) in [6, 6.07) is 9.05. The van der Waals surface area contributed by atoms with Gasteiger partial charge >= 0.3 is 0 Å². The molecule has 110 valence electrons. The molecular weight excluding hydrogens is 271 g/mol. The van der Waals surface area contributed by atoms with E-state index in [0.29, 0.717) is 12.0 Å². The molecular formula is C17H17FO3. The lowest BCUT2D eigenvalue weighted by Crippen LogP contribution is -1.98. The van der Waals surface area contributed by atoms with Crippen LogP contribution in [-0.2, 0) is 6.42 Å². The minimum Gasteiger partial charge on any atom is -0.504 e. The molecule has 0 aliphatic carbocycles. The summed E-state index contributed by atoms with van der Waals surface area (Å²) in [4.78, 5) is 11.5. The van der Waals surface area contributed by atoms with Crippen LogP contribution in [0.4, 0.5) is 4.39 Å². The van der Waals surface area contributed by atoms with Gasteiger partial charge in [0.2, 0.25) is 0 Å². The lowest BCUT2D eigenvalue weighted by Gasteiger charge is -2.10. The van der Waals surface area contributed by atoms with E-state index < -0.39 is 5.82 Å². The molecule has 0 saturated carbocycles. The Hall–Kier alpha value is -2.36. The number of hydrogen-bond donors (Lipinski definition) is 1. The van der Waals surface area contributed by atoms with Crippen molar-refractivity contribution < 1.29 is 19.0 Å². The van der Waals surface area contributed by atoms with Crippen molar-refractivity contribution in [2.75, 3.05) is 0 Å². The second-order valence-corrected chi connectivity index (χ2v) is 4.68. The Kier molecular flexibility index (Phi) is 4.58. The van der Waals surface area contributed by atoms with Crippen LogP contribution in [0.1, 0.15) is 36.2 Å². The van der Waals surface area contributed by atoms with Gasteiger partial charge in [-0.3, -0.25) is 4.79 Å². The van der Waals surface area contributed by atoms with E-state index in [-0.39, 0.29) is 23.0 Å². The van der Waals surface area contributed by atoms with Gasteiger partial charge in [0, 0.05) is 12.0 Å². The van der Waals surface area contributed by atoms with Gasteiger partial charge in [-0.1, -0.05) is 19.9 Å². The van der Waals surface area contributed by atoms with E-state index in [4.69, 9.17) is 4.74 Å². The summed E-state index contributed by atoms with van der Waals surface area (Å²) in [6.45, 7) is 3.69. The van der Waals surface area contributed by atoms with Gasteiger partial charge in [-0.05, 0) is 42.3 Å². The molecule has 1 N–H and O–H groups in total. The molecule has 2 aromatic carbocycles. The van der Waals surface area contributed by atoms with Crippen LogP contribution in [0.15, 0.2) is 36.4 Å². The minimum atomic E-state index is -0.631. The SMILES string of the molecule is CCC(=O)c1ccc(Oc2ccc(CC)cc2O)c(F)c1. The highest BCUT2D eigenvalue weighted by Gasteiger charge is 2.12. The summed E-state index contributed by atoms with van der Waals surface area (Å²) in [5, 5.41) is 9.85. The summed E-state index contributed by atoms with van der Waals surface area (Å²) in [5.74, 6) is -0.644. The molecule has 0 spiro atoms. The lowest BCUT2D eigenvalue weighted by molar-refractivity contribution is 0.0987. The summed E-state index contributed by atoms with van der Waals surface area (Å²) in [6.07, 6.45) is 1.11. The zero-order valence-corrected chi connectivity index (χ0v) is 12.0. The van der Waals surface area contributed by atoms with Crippen molar-refractivity contribution in [1.29, 1.82) is 0 Å². The van der Waals surface area contributed by atoms with Crippen molar-refractivity contribution in [3.05, 3.63) is 53.3 Å². The lowest BCUT2D eigenvalue weighted by atomic mass is 10.1. The molecule has 0 fully saturated rings. The van der Waals surface area contributed by atoms with Gasteiger partial charge in [-0.2, -0.15) is 0 Å². The Morgan fingerprint density at radius 2 is 1.86 bits per heavy atom. The fraction of sp³-hybridized carbons (Fsp3) is 0.235. The fourth-order valence-corrected chi connectivity index (χ4v) is 1.95. The number of aromatic hydroxyl groups is 1.